The Labute approximate surface area is 111 Å². The maximum Gasteiger partial charge on any atom is 0.214 e. The van der Waals surface area contributed by atoms with Crippen LogP contribution in [0.1, 0.15) is 44.9 Å². The lowest BCUT2D eigenvalue weighted by Crippen LogP contribution is -2.29. The molecule has 0 atom stereocenters. The van der Waals surface area contributed by atoms with E-state index in [1.54, 1.807) is 0 Å². The van der Waals surface area contributed by atoms with Gasteiger partial charge in [-0.05, 0) is 38.8 Å². The number of hydrogen-bond donors (Lipinski definition) is 1. The Kier molecular flexibility index (Phi) is 13.1. The lowest BCUT2D eigenvalue weighted by molar-refractivity contribution is 0.190. The van der Waals surface area contributed by atoms with Gasteiger partial charge in [0.15, 0.2) is 0 Å². The van der Waals surface area contributed by atoms with Crippen molar-refractivity contribution >= 4 is 0 Å². The van der Waals surface area contributed by atoms with Gasteiger partial charge in [0.2, 0.25) is 6.54 Å². The molecule has 0 spiro atoms. The van der Waals surface area contributed by atoms with Gasteiger partial charge >= 0.3 is 0 Å². The van der Waals surface area contributed by atoms with Gasteiger partial charge in [-0.2, -0.15) is 5.26 Å². The van der Waals surface area contributed by atoms with Crippen LogP contribution in [-0.2, 0) is 0 Å². The van der Waals surface area contributed by atoms with Crippen LogP contribution in [0.25, 0.3) is 4.85 Å². The van der Waals surface area contributed by atoms with Crippen molar-refractivity contribution in [1.82, 2.24) is 4.90 Å². The Hall–Kier alpha value is -1.10. The van der Waals surface area contributed by atoms with Gasteiger partial charge in [0, 0.05) is 19.4 Å². The van der Waals surface area contributed by atoms with Crippen LogP contribution in [0.15, 0.2) is 0 Å². The highest BCUT2D eigenvalue weighted by atomic mass is 16.3. The van der Waals surface area contributed by atoms with Crippen molar-refractivity contribution < 1.29 is 5.11 Å². The predicted octanol–water partition coefficient (Wildman–Crippen LogP) is 2.45. The standard InChI is InChI=1S/C14H25N3O/c1-16-10-6-4-8-12-17(13-14-18)11-7-3-2-5-9-15/h18H,2-8,10-14H2. The molecule has 0 aliphatic carbocycles. The van der Waals surface area contributed by atoms with Crippen molar-refractivity contribution in [2.45, 2.75) is 44.9 Å². The number of hydrogen-bond acceptors (Lipinski definition) is 3. The lowest BCUT2D eigenvalue weighted by atomic mass is 10.2. The van der Waals surface area contributed by atoms with Crippen LogP contribution in [-0.4, -0.2) is 42.8 Å². The molecule has 0 bridgehead atoms. The Morgan fingerprint density at radius 1 is 1.00 bits per heavy atom. The zero-order valence-electron chi connectivity index (χ0n) is 11.3. The highest BCUT2D eigenvalue weighted by Crippen LogP contribution is 2.04. The van der Waals surface area contributed by atoms with E-state index in [-0.39, 0.29) is 6.61 Å². The quantitative estimate of drug-likeness (QED) is 0.428. The van der Waals surface area contributed by atoms with Crippen LogP contribution < -0.4 is 0 Å². The van der Waals surface area contributed by atoms with E-state index in [1.807, 2.05) is 0 Å². The molecule has 0 radical (unpaired) electrons. The van der Waals surface area contributed by atoms with Gasteiger partial charge in [-0.25, -0.2) is 6.57 Å². The second-order valence-corrected chi connectivity index (χ2v) is 4.48. The van der Waals surface area contributed by atoms with Crippen molar-refractivity contribution in [2.24, 2.45) is 0 Å². The molecule has 0 heterocycles. The summed E-state index contributed by atoms with van der Waals surface area (Å²) in [5.41, 5.74) is 0. The number of nitriles is 1. The first-order valence-corrected chi connectivity index (χ1v) is 6.88. The summed E-state index contributed by atoms with van der Waals surface area (Å²) in [6.07, 6.45) is 7.01. The molecule has 0 rings (SSSR count). The fourth-order valence-corrected chi connectivity index (χ4v) is 1.90. The third kappa shape index (κ3) is 11.4. The van der Waals surface area contributed by atoms with Crippen molar-refractivity contribution in [3.63, 3.8) is 0 Å². The number of aliphatic hydroxyl groups is 1. The minimum atomic E-state index is 0.209. The van der Waals surface area contributed by atoms with E-state index in [1.165, 1.54) is 0 Å². The smallest absolute Gasteiger partial charge is 0.214 e. The first-order chi connectivity index (χ1) is 8.85. The summed E-state index contributed by atoms with van der Waals surface area (Å²) in [7, 11) is 0. The molecule has 0 saturated carbocycles. The second kappa shape index (κ2) is 14.0. The summed E-state index contributed by atoms with van der Waals surface area (Å²) in [4.78, 5) is 5.62. The maximum atomic E-state index is 8.99. The summed E-state index contributed by atoms with van der Waals surface area (Å²) >= 11 is 0. The zero-order chi connectivity index (χ0) is 13.5. The Morgan fingerprint density at radius 2 is 1.67 bits per heavy atom. The molecule has 4 heteroatoms. The summed E-state index contributed by atoms with van der Waals surface area (Å²) in [6.45, 7) is 10.3. The fourth-order valence-electron chi connectivity index (χ4n) is 1.90. The molecule has 0 aromatic rings. The zero-order valence-corrected chi connectivity index (χ0v) is 11.3. The Bertz CT molecular complexity index is 231. The van der Waals surface area contributed by atoms with Gasteiger partial charge in [0.25, 0.3) is 0 Å². The molecular weight excluding hydrogens is 226 g/mol. The lowest BCUT2D eigenvalue weighted by Gasteiger charge is -2.20. The fraction of sp³-hybridized carbons (Fsp3) is 0.857. The van der Waals surface area contributed by atoms with Crippen LogP contribution >= 0.6 is 0 Å². The Balaban J connectivity index is 3.53. The molecular formula is C14H25N3O. The van der Waals surface area contributed by atoms with E-state index in [2.05, 4.69) is 15.8 Å². The molecule has 0 aliphatic heterocycles. The molecule has 0 aliphatic rings. The third-order valence-electron chi connectivity index (χ3n) is 2.92. The first-order valence-electron chi connectivity index (χ1n) is 6.88. The molecule has 0 aromatic heterocycles. The summed E-state index contributed by atoms with van der Waals surface area (Å²) in [5, 5.41) is 17.4. The minimum absolute atomic E-state index is 0.209. The SMILES string of the molecule is [C-]#[N+]CCCCCN(CCO)CCCCCC#N. The molecule has 18 heavy (non-hydrogen) atoms. The van der Waals surface area contributed by atoms with E-state index in [9.17, 15) is 0 Å². The van der Waals surface area contributed by atoms with E-state index in [0.29, 0.717) is 13.0 Å². The van der Waals surface area contributed by atoms with Gasteiger partial charge in [-0.1, -0.05) is 6.42 Å². The summed E-state index contributed by atoms with van der Waals surface area (Å²) in [6, 6.07) is 2.16. The van der Waals surface area contributed by atoms with Gasteiger partial charge < -0.3 is 14.9 Å². The van der Waals surface area contributed by atoms with Crippen molar-refractivity contribution in [2.75, 3.05) is 32.8 Å². The molecule has 0 amide bonds. The molecule has 1 N–H and O–H groups in total. The summed E-state index contributed by atoms with van der Waals surface area (Å²) < 4.78 is 0. The number of aliphatic hydroxyl groups excluding tert-OH is 1. The predicted molar refractivity (Wildman–Crippen MR) is 72.9 cm³/mol. The van der Waals surface area contributed by atoms with Gasteiger partial charge in [0.1, 0.15) is 0 Å². The van der Waals surface area contributed by atoms with E-state index in [4.69, 9.17) is 16.9 Å². The van der Waals surface area contributed by atoms with Crippen LogP contribution in [0.4, 0.5) is 0 Å². The molecule has 0 fully saturated rings. The average Bonchev–Trinajstić information content (AvgIpc) is 2.38. The number of nitrogens with zero attached hydrogens (tertiary/aromatic N) is 3. The highest BCUT2D eigenvalue weighted by Gasteiger charge is 2.03. The average molecular weight is 251 g/mol. The van der Waals surface area contributed by atoms with E-state index >= 15 is 0 Å². The van der Waals surface area contributed by atoms with Crippen LogP contribution in [0, 0.1) is 17.9 Å². The van der Waals surface area contributed by atoms with Gasteiger partial charge in [-0.15, -0.1) is 0 Å². The van der Waals surface area contributed by atoms with E-state index < -0.39 is 0 Å². The van der Waals surface area contributed by atoms with Gasteiger partial charge in [0.05, 0.1) is 12.7 Å². The topological polar surface area (TPSA) is 51.6 Å². The van der Waals surface area contributed by atoms with Crippen molar-refractivity contribution in [3.8, 4) is 6.07 Å². The van der Waals surface area contributed by atoms with Crippen LogP contribution in [0.2, 0.25) is 0 Å². The monoisotopic (exact) mass is 251 g/mol. The molecule has 0 unspecified atom stereocenters. The Morgan fingerprint density at radius 3 is 2.22 bits per heavy atom. The van der Waals surface area contributed by atoms with Gasteiger partial charge in [-0.3, -0.25) is 0 Å². The maximum absolute atomic E-state index is 8.99. The highest BCUT2D eigenvalue weighted by molar-refractivity contribution is 4.68. The normalized spacial score (nSPS) is 10.2. The second-order valence-electron chi connectivity index (χ2n) is 4.48. The minimum Gasteiger partial charge on any atom is -0.395 e. The van der Waals surface area contributed by atoms with Crippen LogP contribution in [0.3, 0.4) is 0 Å². The van der Waals surface area contributed by atoms with E-state index in [0.717, 1.165) is 58.2 Å². The summed E-state index contributed by atoms with van der Waals surface area (Å²) in [5.74, 6) is 0. The largest absolute Gasteiger partial charge is 0.395 e. The molecule has 0 aromatic carbocycles. The first kappa shape index (κ1) is 16.9. The third-order valence-corrected chi connectivity index (χ3v) is 2.92. The number of rotatable bonds is 12. The molecule has 0 saturated heterocycles. The van der Waals surface area contributed by atoms with Crippen molar-refractivity contribution in [1.29, 1.82) is 5.26 Å². The molecule has 102 valence electrons. The molecule has 4 nitrogen and oxygen atoms in total. The number of unbranched alkanes of at least 4 members (excludes halogenated alkanes) is 5. The van der Waals surface area contributed by atoms with Crippen LogP contribution in [0.5, 0.6) is 0 Å². The van der Waals surface area contributed by atoms with Crippen molar-refractivity contribution in [3.05, 3.63) is 11.4 Å².